The van der Waals surface area contributed by atoms with Crippen molar-refractivity contribution in [1.82, 2.24) is 9.21 Å². The summed E-state index contributed by atoms with van der Waals surface area (Å²) in [5.41, 5.74) is 0.604. The molecule has 1 aliphatic rings. The summed E-state index contributed by atoms with van der Waals surface area (Å²) in [6.45, 7) is 1.00. The Hall–Kier alpha value is -1.96. The summed E-state index contributed by atoms with van der Waals surface area (Å²) >= 11 is 5.88. The van der Waals surface area contributed by atoms with Gasteiger partial charge in [0.25, 0.3) is 0 Å². The predicted octanol–water partition coefficient (Wildman–Crippen LogP) is 4.07. The molecule has 1 aliphatic heterocycles. The first-order valence-electron chi connectivity index (χ1n) is 9.64. The van der Waals surface area contributed by atoms with Crippen molar-refractivity contribution in [2.75, 3.05) is 19.6 Å². The first-order chi connectivity index (χ1) is 13.9. The zero-order chi connectivity index (χ0) is 20.9. The maximum Gasteiger partial charge on any atom is 0.243 e. The van der Waals surface area contributed by atoms with Crippen molar-refractivity contribution in [3.63, 3.8) is 0 Å². The minimum absolute atomic E-state index is 0.0230. The molecular formula is C21H24ClFN2O3S. The van der Waals surface area contributed by atoms with Crippen LogP contribution in [-0.4, -0.2) is 43.2 Å². The minimum Gasteiger partial charge on any atom is -0.342 e. The number of hydrogen-bond donors (Lipinski definition) is 0. The molecule has 2 aromatic rings. The molecule has 156 valence electrons. The van der Waals surface area contributed by atoms with Crippen molar-refractivity contribution in [2.24, 2.45) is 0 Å². The second kappa shape index (κ2) is 9.69. The monoisotopic (exact) mass is 438 g/mol. The molecule has 0 N–H and O–H groups in total. The van der Waals surface area contributed by atoms with E-state index < -0.39 is 15.8 Å². The molecule has 0 radical (unpaired) electrons. The first kappa shape index (κ1) is 21.7. The SMILES string of the molecule is O=C(CN(Cc1ccc(F)cc1)S(=O)(=O)c1ccc(Cl)cc1)N1CCCCCC1. The lowest BCUT2D eigenvalue weighted by Crippen LogP contribution is -2.43. The minimum atomic E-state index is -3.94. The fraction of sp³-hybridized carbons (Fsp3) is 0.381. The van der Waals surface area contributed by atoms with Crippen LogP contribution in [0.25, 0.3) is 0 Å². The van der Waals surface area contributed by atoms with Gasteiger partial charge >= 0.3 is 0 Å². The molecule has 0 atom stereocenters. The summed E-state index contributed by atoms with van der Waals surface area (Å²) in [5, 5.41) is 0.426. The molecule has 8 heteroatoms. The van der Waals surface area contributed by atoms with Crippen molar-refractivity contribution in [2.45, 2.75) is 37.1 Å². The van der Waals surface area contributed by atoms with E-state index in [0.717, 1.165) is 30.0 Å². The van der Waals surface area contributed by atoms with E-state index in [1.54, 1.807) is 4.90 Å². The smallest absolute Gasteiger partial charge is 0.243 e. The van der Waals surface area contributed by atoms with Gasteiger partial charge in [-0.05, 0) is 54.8 Å². The fourth-order valence-electron chi connectivity index (χ4n) is 3.35. The summed E-state index contributed by atoms with van der Waals surface area (Å²) in [4.78, 5) is 14.7. The first-order valence-corrected chi connectivity index (χ1v) is 11.5. The van der Waals surface area contributed by atoms with E-state index in [9.17, 15) is 17.6 Å². The Morgan fingerprint density at radius 3 is 2.14 bits per heavy atom. The number of nitrogens with zero attached hydrogens (tertiary/aromatic N) is 2. The molecule has 0 spiro atoms. The molecule has 1 fully saturated rings. The van der Waals surface area contributed by atoms with Crippen LogP contribution in [0.1, 0.15) is 31.2 Å². The van der Waals surface area contributed by atoms with E-state index >= 15 is 0 Å². The summed E-state index contributed by atoms with van der Waals surface area (Å²) in [6.07, 6.45) is 4.00. The average Bonchev–Trinajstić information content (AvgIpc) is 2.99. The van der Waals surface area contributed by atoms with Crippen LogP contribution in [0.3, 0.4) is 0 Å². The van der Waals surface area contributed by atoms with E-state index in [1.807, 2.05) is 0 Å². The number of halogens is 2. The van der Waals surface area contributed by atoms with Crippen LogP contribution in [0, 0.1) is 5.82 Å². The largest absolute Gasteiger partial charge is 0.342 e. The van der Waals surface area contributed by atoms with Gasteiger partial charge in [0.2, 0.25) is 15.9 Å². The molecular weight excluding hydrogens is 415 g/mol. The van der Waals surface area contributed by atoms with Crippen molar-refractivity contribution < 1.29 is 17.6 Å². The highest BCUT2D eigenvalue weighted by Gasteiger charge is 2.29. The Balaban J connectivity index is 1.86. The lowest BCUT2D eigenvalue weighted by atomic mass is 10.2. The number of benzene rings is 2. The molecule has 1 heterocycles. The molecule has 0 aromatic heterocycles. The van der Waals surface area contributed by atoms with E-state index in [2.05, 4.69) is 0 Å². The fourth-order valence-corrected chi connectivity index (χ4v) is 4.85. The quantitative estimate of drug-likeness (QED) is 0.683. The Labute approximate surface area is 176 Å². The van der Waals surface area contributed by atoms with Crippen LogP contribution < -0.4 is 0 Å². The summed E-state index contributed by atoms with van der Waals surface area (Å²) in [6, 6.07) is 11.4. The number of sulfonamides is 1. The molecule has 5 nitrogen and oxygen atoms in total. The van der Waals surface area contributed by atoms with Crippen molar-refractivity contribution in [3.05, 3.63) is 64.9 Å². The highest BCUT2D eigenvalue weighted by molar-refractivity contribution is 7.89. The molecule has 1 amide bonds. The van der Waals surface area contributed by atoms with Crippen LogP contribution in [0.2, 0.25) is 5.02 Å². The molecule has 3 rings (SSSR count). The van der Waals surface area contributed by atoms with Gasteiger partial charge in [-0.1, -0.05) is 36.6 Å². The number of amides is 1. The second-order valence-corrected chi connectivity index (χ2v) is 9.52. The van der Waals surface area contributed by atoms with Gasteiger partial charge in [-0.3, -0.25) is 4.79 Å². The van der Waals surface area contributed by atoms with Gasteiger partial charge in [0.15, 0.2) is 0 Å². The summed E-state index contributed by atoms with van der Waals surface area (Å²) < 4.78 is 40.9. The number of hydrogen-bond acceptors (Lipinski definition) is 3. The third-order valence-electron chi connectivity index (χ3n) is 4.99. The average molecular weight is 439 g/mol. The van der Waals surface area contributed by atoms with Gasteiger partial charge in [0.1, 0.15) is 5.82 Å². The Bertz CT molecular complexity index is 925. The third kappa shape index (κ3) is 5.78. The van der Waals surface area contributed by atoms with Gasteiger partial charge in [0.05, 0.1) is 11.4 Å². The van der Waals surface area contributed by atoms with Crippen molar-refractivity contribution >= 4 is 27.5 Å². The summed E-state index contributed by atoms with van der Waals surface area (Å²) in [7, 11) is -3.94. The topological polar surface area (TPSA) is 57.7 Å². The van der Waals surface area contributed by atoms with Crippen molar-refractivity contribution in [3.8, 4) is 0 Å². The molecule has 1 saturated heterocycles. The van der Waals surface area contributed by atoms with Gasteiger partial charge < -0.3 is 4.90 Å². The maximum absolute atomic E-state index is 13.2. The highest BCUT2D eigenvalue weighted by atomic mass is 35.5. The normalized spacial score (nSPS) is 15.3. The number of likely N-dealkylation sites (tertiary alicyclic amines) is 1. The highest BCUT2D eigenvalue weighted by Crippen LogP contribution is 2.21. The maximum atomic E-state index is 13.2. The third-order valence-corrected chi connectivity index (χ3v) is 7.05. The standard InChI is InChI=1S/C21H24ClFN2O3S/c22-18-7-11-20(12-8-18)29(27,28)25(15-17-5-9-19(23)10-6-17)16-21(26)24-13-3-1-2-4-14-24/h5-12H,1-4,13-16H2. The Kier molecular flexibility index (Phi) is 7.27. The number of rotatable bonds is 6. The molecule has 0 unspecified atom stereocenters. The van der Waals surface area contributed by atoms with Gasteiger partial charge in [0, 0.05) is 24.7 Å². The van der Waals surface area contributed by atoms with Gasteiger partial charge in [-0.2, -0.15) is 4.31 Å². The van der Waals surface area contributed by atoms with Gasteiger partial charge in [-0.25, -0.2) is 12.8 Å². The van der Waals surface area contributed by atoms with Gasteiger partial charge in [-0.15, -0.1) is 0 Å². The molecule has 0 bridgehead atoms. The van der Waals surface area contributed by atoms with Crippen LogP contribution in [0.15, 0.2) is 53.4 Å². The lowest BCUT2D eigenvalue weighted by molar-refractivity contribution is -0.131. The van der Waals surface area contributed by atoms with Crippen LogP contribution in [0.5, 0.6) is 0 Å². The van der Waals surface area contributed by atoms with E-state index in [1.165, 1.54) is 48.5 Å². The lowest BCUT2D eigenvalue weighted by Gasteiger charge is -2.26. The van der Waals surface area contributed by atoms with Crippen LogP contribution >= 0.6 is 11.6 Å². The molecule has 0 saturated carbocycles. The zero-order valence-corrected chi connectivity index (χ0v) is 17.6. The summed E-state index contributed by atoms with van der Waals surface area (Å²) in [5.74, 6) is -0.618. The molecule has 0 aliphatic carbocycles. The van der Waals surface area contributed by atoms with Crippen LogP contribution in [0.4, 0.5) is 4.39 Å². The molecule has 2 aromatic carbocycles. The number of carbonyl (C=O) groups is 1. The Morgan fingerprint density at radius 2 is 1.55 bits per heavy atom. The van der Waals surface area contributed by atoms with Crippen LogP contribution in [-0.2, 0) is 21.4 Å². The molecule has 29 heavy (non-hydrogen) atoms. The Morgan fingerprint density at radius 1 is 0.966 bits per heavy atom. The van der Waals surface area contributed by atoms with Crippen molar-refractivity contribution in [1.29, 1.82) is 0 Å². The van der Waals surface area contributed by atoms with E-state index in [4.69, 9.17) is 11.6 Å². The van der Waals surface area contributed by atoms with E-state index in [0.29, 0.717) is 23.7 Å². The predicted molar refractivity (Wildman–Crippen MR) is 110 cm³/mol. The number of carbonyl (C=O) groups excluding carboxylic acids is 1. The van der Waals surface area contributed by atoms with E-state index in [-0.39, 0.29) is 23.9 Å². The zero-order valence-electron chi connectivity index (χ0n) is 16.1. The second-order valence-electron chi connectivity index (χ2n) is 7.15.